The quantitative estimate of drug-likeness (QED) is 0.465. The van der Waals surface area contributed by atoms with E-state index in [0.717, 1.165) is 6.08 Å². The molecule has 0 bridgehead atoms. The number of carbonyl (C=O) groups excluding carboxylic acids is 1. The van der Waals surface area contributed by atoms with Gasteiger partial charge in [0.05, 0.1) is 16.8 Å². The van der Waals surface area contributed by atoms with Crippen molar-refractivity contribution in [3.05, 3.63) is 81.8 Å². The summed E-state index contributed by atoms with van der Waals surface area (Å²) in [5, 5.41) is 23.0. The number of anilines is 1. The van der Waals surface area contributed by atoms with Gasteiger partial charge in [0.25, 0.3) is 5.56 Å². The average Bonchev–Trinajstić information content (AvgIpc) is 2.66. The molecule has 0 unspecified atom stereocenters. The maximum Gasteiger partial charge on any atom is 0.337 e. The van der Waals surface area contributed by atoms with Gasteiger partial charge in [-0.15, -0.1) is 0 Å². The molecule has 0 spiro atoms. The van der Waals surface area contributed by atoms with Gasteiger partial charge in [0.15, 0.2) is 5.78 Å². The van der Waals surface area contributed by atoms with Crippen molar-refractivity contribution >= 4 is 28.3 Å². The number of benzene rings is 2. The number of aromatic carboxylic acids is 1. The third-order valence-corrected chi connectivity index (χ3v) is 4.36. The number of allylic oxidation sites excluding steroid dienone is 2. The number of aryl methyl sites for hydroxylation is 1. The Bertz CT molecular complexity index is 1190. The van der Waals surface area contributed by atoms with E-state index in [-0.39, 0.29) is 16.9 Å². The number of rotatable bonds is 5. The highest BCUT2D eigenvalue weighted by molar-refractivity contribution is 6.10. The number of carboxylic acid groups (broad SMARTS) is 1. The minimum atomic E-state index is -1.11. The molecule has 1 heterocycles. The summed E-state index contributed by atoms with van der Waals surface area (Å²) < 4.78 is 1.30. The molecule has 0 fully saturated rings. The molecule has 7 heteroatoms. The first-order chi connectivity index (χ1) is 13.3. The Morgan fingerprint density at radius 1 is 1.07 bits per heavy atom. The molecule has 0 aliphatic rings. The monoisotopic (exact) mass is 378 g/mol. The maximum atomic E-state index is 12.7. The van der Waals surface area contributed by atoms with E-state index in [1.54, 1.807) is 49.4 Å². The van der Waals surface area contributed by atoms with Gasteiger partial charge in [0, 0.05) is 24.2 Å². The molecule has 0 aliphatic carbocycles. The van der Waals surface area contributed by atoms with Gasteiger partial charge in [-0.1, -0.05) is 24.3 Å². The predicted octanol–water partition coefficient (Wildman–Crippen LogP) is 3.14. The zero-order chi connectivity index (χ0) is 20.4. The summed E-state index contributed by atoms with van der Waals surface area (Å²) in [5.41, 5.74) is 0.244. The van der Waals surface area contributed by atoms with Gasteiger partial charge in [0.1, 0.15) is 11.3 Å². The van der Waals surface area contributed by atoms with Crippen molar-refractivity contribution in [3.63, 3.8) is 0 Å². The van der Waals surface area contributed by atoms with Gasteiger partial charge >= 0.3 is 5.97 Å². The summed E-state index contributed by atoms with van der Waals surface area (Å²) in [7, 11) is 1.53. The van der Waals surface area contributed by atoms with Crippen LogP contribution in [-0.2, 0) is 7.05 Å². The molecular weight excluding hydrogens is 360 g/mol. The number of aromatic nitrogens is 1. The number of nitrogens with one attached hydrogen (secondary N) is 1. The molecule has 142 valence electrons. The Kier molecular flexibility index (Phi) is 5.00. The van der Waals surface area contributed by atoms with E-state index in [2.05, 4.69) is 5.32 Å². The molecule has 3 aromatic rings. The first-order valence-electron chi connectivity index (χ1n) is 8.44. The SMILES string of the molecule is C/C(=C/C(=O)c1c(O)c2ccccc2n(C)c1=O)Nc1ccccc1C(=O)O. The van der Waals surface area contributed by atoms with E-state index in [1.165, 1.54) is 17.7 Å². The van der Waals surface area contributed by atoms with Gasteiger partial charge in [-0.2, -0.15) is 0 Å². The van der Waals surface area contributed by atoms with E-state index in [1.807, 2.05) is 0 Å². The highest BCUT2D eigenvalue weighted by Gasteiger charge is 2.20. The standard InChI is InChI=1S/C21H18N2O5/c1-12(22-15-9-5-3-7-13(15)21(27)28)11-17(24)18-19(25)14-8-4-6-10-16(14)23(2)20(18)26/h3-11,22,25H,1-2H3,(H,27,28)/b12-11-. The van der Waals surface area contributed by atoms with E-state index in [4.69, 9.17) is 0 Å². The van der Waals surface area contributed by atoms with Crippen LogP contribution in [0.3, 0.4) is 0 Å². The Labute approximate surface area is 160 Å². The average molecular weight is 378 g/mol. The fourth-order valence-corrected chi connectivity index (χ4v) is 3.00. The Morgan fingerprint density at radius 3 is 2.43 bits per heavy atom. The molecule has 0 amide bonds. The number of nitrogens with zero attached hydrogens (tertiary/aromatic N) is 1. The number of fused-ring (bicyclic) bond motifs is 1. The molecule has 28 heavy (non-hydrogen) atoms. The number of para-hydroxylation sites is 2. The smallest absolute Gasteiger partial charge is 0.337 e. The van der Waals surface area contributed by atoms with Crippen molar-refractivity contribution < 1.29 is 19.8 Å². The highest BCUT2D eigenvalue weighted by Crippen LogP contribution is 2.26. The number of carboxylic acids is 1. The van der Waals surface area contributed by atoms with Gasteiger partial charge in [-0.25, -0.2) is 4.79 Å². The van der Waals surface area contributed by atoms with Crippen LogP contribution < -0.4 is 10.9 Å². The molecule has 7 nitrogen and oxygen atoms in total. The fourth-order valence-electron chi connectivity index (χ4n) is 3.00. The second kappa shape index (κ2) is 7.40. The van der Waals surface area contributed by atoms with Gasteiger partial charge in [0.2, 0.25) is 0 Å². The summed E-state index contributed by atoms with van der Waals surface area (Å²) in [6, 6.07) is 13.0. The van der Waals surface area contributed by atoms with Crippen LogP contribution in [-0.4, -0.2) is 26.5 Å². The molecule has 1 aromatic heterocycles. The van der Waals surface area contributed by atoms with Crippen molar-refractivity contribution in [2.45, 2.75) is 6.92 Å². The molecule has 0 atom stereocenters. The van der Waals surface area contributed by atoms with Gasteiger partial charge in [-0.3, -0.25) is 9.59 Å². The third-order valence-electron chi connectivity index (χ3n) is 4.36. The molecule has 3 rings (SSSR count). The van der Waals surface area contributed by atoms with E-state index < -0.39 is 17.3 Å². The van der Waals surface area contributed by atoms with Crippen LogP contribution >= 0.6 is 0 Å². The van der Waals surface area contributed by atoms with Gasteiger partial charge < -0.3 is 20.1 Å². The fraction of sp³-hybridized carbons (Fsp3) is 0.0952. The van der Waals surface area contributed by atoms with Crippen LogP contribution in [0.25, 0.3) is 10.9 Å². The molecule has 0 saturated heterocycles. The minimum absolute atomic E-state index is 0.0483. The number of hydrogen-bond donors (Lipinski definition) is 3. The topological polar surface area (TPSA) is 109 Å². The summed E-state index contributed by atoms with van der Waals surface area (Å²) in [6.07, 6.45) is 1.16. The van der Waals surface area contributed by atoms with Crippen molar-refractivity contribution in [3.8, 4) is 5.75 Å². The molecule has 0 radical (unpaired) electrons. The van der Waals surface area contributed by atoms with Crippen LogP contribution in [0.1, 0.15) is 27.6 Å². The predicted molar refractivity (Wildman–Crippen MR) is 106 cm³/mol. The van der Waals surface area contributed by atoms with Crippen LogP contribution in [0.15, 0.2) is 65.1 Å². The lowest BCUT2D eigenvalue weighted by Crippen LogP contribution is -2.24. The van der Waals surface area contributed by atoms with Crippen LogP contribution in [0, 0.1) is 0 Å². The highest BCUT2D eigenvalue weighted by atomic mass is 16.4. The third kappa shape index (κ3) is 3.37. The molecular formula is C21H18N2O5. The lowest BCUT2D eigenvalue weighted by atomic mass is 10.1. The molecule has 3 N–H and O–H groups in total. The Morgan fingerprint density at radius 2 is 1.71 bits per heavy atom. The van der Waals surface area contributed by atoms with E-state index >= 15 is 0 Å². The first-order valence-corrected chi connectivity index (χ1v) is 8.44. The largest absolute Gasteiger partial charge is 0.506 e. The van der Waals surface area contributed by atoms with Crippen molar-refractivity contribution in [1.29, 1.82) is 0 Å². The van der Waals surface area contributed by atoms with E-state index in [0.29, 0.717) is 22.3 Å². The normalized spacial score (nSPS) is 11.4. The minimum Gasteiger partial charge on any atom is -0.506 e. The number of hydrogen-bond acceptors (Lipinski definition) is 5. The second-order valence-electron chi connectivity index (χ2n) is 6.27. The van der Waals surface area contributed by atoms with Crippen molar-refractivity contribution in [2.24, 2.45) is 7.05 Å². The molecule has 0 saturated carbocycles. The van der Waals surface area contributed by atoms with Crippen LogP contribution in [0.2, 0.25) is 0 Å². The summed E-state index contributed by atoms with van der Waals surface area (Å²) in [4.78, 5) is 36.6. The lowest BCUT2D eigenvalue weighted by Gasteiger charge is -2.11. The summed E-state index contributed by atoms with van der Waals surface area (Å²) >= 11 is 0. The first kappa shape index (κ1) is 18.9. The number of carbonyl (C=O) groups is 2. The van der Waals surface area contributed by atoms with Gasteiger partial charge in [-0.05, 0) is 31.2 Å². The number of pyridine rings is 1. The Hall–Kier alpha value is -3.87. The lowest BCUT2D eigenvalue weighted by molar-refractivity contribution is 0.0697. The zero-order valence-electron chi connectivity index (χ0n) is 15.3. The number of ketones is 1. The van der Waals surface area contributed by atoms with Crippen molar-refractivity contribution in [1.82, 2.24) is 4.57 Å². The zero-order valence-corrected chi connectivity index (χ0v) is 15.3. The summed E-state index contributed by atoms with van der Waals surface area (Å²) in [6.45, 7) is 1.57. The van der Waals surface area contributed by atoms with Crippen molar-refractivity contribution in [2.75, 3.05) is 5.32 Å². The van der Waals surface area contributed by atoms with E-state index in [9.17, 15) is 24.6 Å². The second-order valence-corrected chi connectivity index (χ2v) is 6.27. The van der Waals surface area contributed by atoms with Crippen LogP contribution in [0.5, 0.6) is 5.75 Å². The Balaban J connectivity index is 2.02. The molecule has 2 aromatic carbocycles. The maximum absolute atomic E-state index is 12.7. The summed E-state index contributed by atoms with van der Waals surface area (Å²) in [5.74, 6) is -2.16. The number of aromatic hydroxyl groups is 1. The van der Waals surface area contributed by atoms with Crippen LogP contribution in [0.4, 0.5) is 5.69 Å². The molecule has 0 aliphatic heterocycles.